The smallest absolute Gasteiger partial charge is 0.252 e. The van der Waals surface area contributed by atoms with Gasteiger partial charge in [-0.05, 0) is 102 Å². The SMILES string of the molecule is N#Cc1ccc(Cn2cncc2C(Cc2cccc(Cl)c2Cl)C(=O)N(NCCCc2ccc(OCc3ccccc3)cc2)C(=S)Nc2cccc(Br)c2)cc1. The van der Waals surface area contributed by atoms with Crippen LogP contribution in [0.3, 0.4) is 0 Å². The maximum absolute atomic E-state index is 15.0. The number of halogens is 3. The molecule has 1 aromatic heterocycles. The number of amides is 1. The number of imidazole rings is 1. The average Bonchev–Trinajstić information content (AvgIpc) is 3.66. The molecule has 1 unspecified atom stereocenters. The molecule has 6 aromatic rings. The summed E-state index contributed by atoms with van der Waals surface area (Å²) in [6.45, 7) is 1.38. The van der Waals surface area contributed by atoms with E-state index in [0.29, 0.717) is 52.2 Å². The summed E-state index contributed by atoms with van der Waals surface area (Å²) in [5.74, 6) is -0.268. The van der Waals surface area contributed by atoms with Crippen molar-refractivity contribution in [1.82, 2.24) is 20.0 Å². The molecule has 278 valence electrons. The molecular formula is C43H37BrCl2N6O2S. The van der Waals surface area contributed by atoms with Crippen molar-refractivity contribution >= 4 is 68.1 Å². The van der Waals surface area contributed by atoms with Crippen molar-refractivity contribution in [3.8, 4) is 11.8 Å². The van der Waals surface area contributed by atoms with Crippen LogP contribution in [0.4, 0.5) is 5.69 Å². The van der Waals surface area contributed by atoms with Gasteiger partial charge in [-0.3, -0.25) is 4.79 Å². The molecular weight excluding hydrogens is 815 g/mol. The molecule has 0 fully saturated rings. The number of aryl methyl sites for hydroxylation is 1. The van der Waals surface area contributed by atoms with E-state index in [-0.39, 0.29) is 17.4 Å². The molecule has 0 aliphatic carbocycles. The number of carbonyl (C=O) groups excluding carboxylic acids is 1. The van der Waals surface area contributed by atoms with Gasteiger partial charge in [-0.2, -0.15) is 5.26 Å². The molecule has 1 heterocycles. The summed E-state index contributed by atoms with van der Waals surface area (Å²) in [5, 5.41) is 14.9. The zero-order valence-electron chi connectivity index (χ0n) is 29.7. The van der Waals surface area contributed by atoms with Gasteiger partial charge in [-0.1, -0.05) is 112 Å². The van der Waals surface area contributed by atoms with Gasteiger partial charge >= 0.3 is 0 Å². The van der Waals surface area contributed by atoms with Crippen molar-refractivity contribution in [2.45, 2.75) is 38.3 Å². The van der Waals surface area contributed by atoms with Crippen LogP contribution in [0.25, 0.3) is 0 Å². The highest BCUT2D eigenvalue weighted by molar-refractivity contribution is 9.10. The zero-order chi connectivity index (χ0) is 38.6. The van der Waals surface area contributed by atoms with Crippen molar-refractivity contribution in [1.29, 1.82) is 5.26 Å². The van der Waals surface area contributed by atoms with Gasteiger partial charge in [0.25, 0.3) is 5.91 Å². The lowest BCUT2D eigenvalue weighted by Crippen LogP contribution is -2.51. The first-order chi connectivity index (χ1) is 26.8. The lowest BCUT2D eigenvalue weighted by molar-refractivity contribution is -0.131. The van der Waals surface area contributed by atoms with E-state index in [1.807, 2.05) is 95.6 Å². The van der Waals surface area contributed by atoms with E-state index < -0.39 is 5.92 Å². The van der Waals surface area contributed by atoms with Crippen molar-refractivity contribution < 1.29 is 9.53 Å². The summed E-state index contributed by atoms with van der Waals surface area (Å²) >= 11 is 22.6. The van der Waals surface area contributed by atoms with Gasteiger partial charge in [0.15, 0.2) is 5.11 Å². The molecule has 55 heavy (non-hydrogen) atoms. The van der Waals surface area contributed by atoms with Crippen molar-refractivity contribution in [2.24, 2.45) is 0 Å². The molecule has 5 aromatic carbocycles. The Morgan fingerprint density at radius 1 is 0.927 bits per heavy atom. The molecule has 1 atom stereocenters. The number of rotatable bonds is 15. The van der Waals surface area contributed by atoms with Crippen molar-refractivity contribution in [2.75, 3.05) is 11.9 Å². The van der Waals surface area contributed by atoms with Crippen LogP contribution in [0, 0.1) is 11.3 Å². The minimum absolute atomic E-state index is 0.184. The van der Waals surface area contributed by atoms with Crippen LogP contribution < -0.4 is 15.5 Å². The first-order valence-corrected chi connectivity index (χ1v) is 19.5. The second-order valence-corrected chi connectivity index (χ2v) is 14.9. The van der Waals surface area contributed by atoms with Gasteiger partial charge in [0.1, 0.15) is 12.4 Å². The minimum atomic E-state index is -0.768. The number of carbonyl (C=O) groups is 1. The van der Waals surface area contributed by atoms with Gasteiger partial charge in [0.05, 0.1) is 39.6 Å². The Labute approximate surface area is 344 Å². The summed E-state index contributed by atoms with van der Waals surface area (Å²) in [7, 11) is 0. The number of hydrogen-bond acceptors (Lipinski definition) is 6. The molecule has 0 saturated heterocycles. The predicted octanol–water partition coefficient (Wildman–Crippen LogP) is 10.1. The molecule has 0 aliphatic heterocycles. The topological polar surface area (TPSA) is 95.2 Å². The van der Waals surface area contributed by atoms with Crippen LogP contribution in [-0.2, 0) is 30.8 Å². The van der Waals surface area contributed by atoms with Crippen LogP contribution in [0.5, 0.6) is 5.75 Å². The average molecular weight is 853 g/mol. The Morgan fingerprint density at radius 3 is 2.42 bits per heavy atom. The highest BCUT2D eigenvalue weighted by Crippen LogP contribution is 2.32. The first-order valence-electron chi connectivity index (χ1n) is 17.6. The number of nitrogens with one attached hydrogen (secondary N) is 2. The first kappa shape index (κ1) is 39.7. The number of nitriles is 1. The van der Waals surface area contributed by atoms with Gasteiger partial charge in [-0.25, -0.2) is 15.4 Å². The van der Waals surface area contributed by atoms with Crippen molar-refractivity contribution in [3.05, 3.63) is 182 Å². The second-order valence-electron chi connectivity index (χ2n) is 12.8. The van der Waals surface area contributed by atoms with E-state index >= 15 is 0 Å². The molecule has 12 heteroatoms. The molecule has 0 spiro atoms. The fourth-order valence-electron chi connectivity index (χ4n) is 6.01. The third kappa shape index (κ3) is 11.0. The largest absolute Gasteiger partial charge is 0.489 e. The number of benzene rings is 5. The standard InChI is InChI=1S/C43H37BrCl2N6O2S/c44-35-11-5-12-36(24-35)50-43(55)52(49-22-6-9-30-18-20-37(21-19-30)54-28-33-7-2-1-3-8-33)42(53)38(23-34-10-4-13-39(45)41(34)46)40-26-48-29-51(40)27-32-16-14-31(25-47)15-17-32/h1-5,7-8,10-21,24,26,29,38,49H,6,9,22-23,27-28H2,(H,50,55). The Balaban J connectivity index is 1.22. The number of aromatic nitrogens is 2. The highest BCUT2D eigenvalue weighted by Gasteiger charge is 2.32. The third-order valence-electron chi connectivity index (χ3n) is 8.87. The number of hydrogen-bond donors (Lipinski definition) is 2. The van der Waals surface area contributed by atoms with Crippen LogP contribution in [0.1, 0.15) is 45.8 Å². The van der Waals surface area contributed by atoms with Crippen LogP contribution in [0.15, 0.2) is 138 Å². The monoisotopic (exact) mass is 850 g/mol. The molecule has 1 amide bonds. The van der Waals surface area contributed by atoms with Crippen LogP contribution >= 0.6 is 51.3 Å². The Kier molecular flexibility index (Phi) is 14.1. The number of nitrogens with zero attached hydrogens (tertiary/aromatic N) is 4. The fraction of sp³-hybridized carbons (Fsp3) is 0.163. The molecule has 6 rings (SSSR count). The number of anilines is 1. The van der Waals surface area contributed by atoms with E-state index in [2.05, 4.69) is 49.9 Å². The maximum Gasteiger partial charge on any atom is 0.252 e. The summed E-state index contributed by atoms with van der Waals surface area (Å²) < 4.78 is 8.75. The van der Waals surface area contributed by atoms with Crippen LogP contribution in [0.2, 0.25) is 10.0 Å². The Bertz CT molecular complexity index is 2260. The van der Waals surface area contributed by atoms with Gasteiger partial charge in [-0.15, -0.1) is 0 Å². The van der Waals surface area contributed by atoms with Gasteiger partial charge in [0.2, 0.25) is 0 Å². The Morgan fingerprint density at radius 2 is 1.67 bits per heavy atom. The quantitative estimate of drug-likeness (QED) is 0.0604. The van der Waals surface area contributed by atoms with Crippen LogP contribution in [-0.4, -0.2) is 32.1 Å². The summed E-state index contributed by atoms with van der Waals surface area (Å²) in [6.07, 6.45) is 5.10. The van der Waals surface area contributed by atoms with Gasteiger partial charge < -0.3 is 14.6 Å². The fourth-order valence-corrected chi connectivity index (χ4v) is 7.08. The molecule has 0 bridgehead atoms. The lowest BCUT2D eigenvalue weighted by atomic mass is 9.95. The summed E-state index contributed by atoms with van der Waals surface area (Å²) in [4.78, 5) is 19.4. The van der Waals surface area contributed by atoms with Crippen molar-refractivity contribution in [3.63, 3.8) is 0 Å². The van der Waals surface area contributed by atoms with E-state index in [9.17, 15) is 10.1 Å². The molecule has 2 N–H and O–H groups in total. The lowest BCUT2D eigenvalue weighted by Gasteiger charge is -2.29. The zero-order valence-corrected chi connectivity index (χ0v) is 33.6. The molecule has 8 nitrogen and oxygen atoms in total. The maximum atomic E-state index is 15.0. The summed E-state index contributed by atoms with van der Waals surface area (Å²) in [6, 6.07) is 40.6. The third-order valence-corrected chi connectivity index (χ3v) is 10.5. The van der Waals surface area contributed by atoms with E-state index in [4.69, 9.17) is 40.2 Å². The normalized spacial score (nSPS) is 11.4. The number of hydrazine groups is 1. The second kappa shape index (κ2) is 19.5. The van der Waals surface area contributed by atoms with E-state index in [0.717, 1.165) is 39.8 Å². The van der Waals surface area contributed by atoms with E-state index in [1.165, 1.54) is 5.01 Å². The Hall–Kier alpha value is -5.02. The van der Waals surface area contributed by atoms with Gasteiger partial charge in [0, 0.05) is 29.4 Å². The number of ether oxygens (including phenoxy) is 1. The highest BCUT2D eigenvalue weighted by atomic mass is 79.9. The predicted molar refractivity (Wildman–Crippen MR) is 226 cm³/mol. The molecule has 0 radical (unpaired) electrons. The minimum Gasteiger partial charge on any atom is -0.489 e. The molecule has 0 aliphatic rings. The molecule has 0 saturated carbocycles. The summed E-state index contributed by atoms with van der Waals surface area (Å²) in [5.41, 5.74) is 9.19. The number of thiocarbonyl (C=S) groups is 1. The van der Waals surface area contributed by atoms with E-state index in [1.54, 1.807) is 30.7 Å².